The van der Waals surface area contributed by atoms with Gasteiger partial charge in [-0.25, -0.2) is 4.79 Å². The molecule has 2 N–H and O–H groups in total. The van der Waals surface area contributed by atoms with E-state index in [4.69, 9.17) is 13.9 Å². The molecule has 0 radical (unpaired) electrons. The lowest BCUT2D eigenvalue weighted by Gasteiger charge is -2.19. The van der Waals surface area contributed by atoms with Gasteiger partial charge in [-0.2, -0.15) is 0 Å². The fraction of sp³-hybridized carbons (Fsp3) is 0.400. The second-order valence-corrected chi connectivity index (χ2v) is 6.95. The number of hydrogen-bond donors (Lipinski definition) is 2. The lowest BCUT2D eigenvalue weighted by atomic mass is 10.2. The van der Waals surface area contributed by atoms with Gasteiger partial charge in [-0.3, -0.25) is 10.1 Å². The minimum atomic E-state index is -0.585. The van der Waals surface area contributed by atoms with E-state index in [0.29, 0.717) is 37.4 Å². The molecule has 0 aliphatic rings. The van der Waals surface area contributed by atoms with Crippen molar-refractivity contribution in [2.24, 2.45) is 0 Å². The van der Waals surface area contributed by atoms with E-state index in [2.05, 4.69) is 10.6 Å². The van der Waals surface area contributed by atoms with Crippen LogP contribution in [0, 0.1) is 0 Å². The highest BCUT2D eigenvalue weighted by molar-refractivity contribution is 5.96. The minimum absolute atomic E-state index is 0.214. The smallest absolute Gasteiger partial charge is 0.412 e. The molecule has 1 heterocycles. The molecule has 0 aliphatic carbocycles. The molecule has 27 heavy (non-hydrogen) atoms. The van der Waals surface area contributed by atoms with Crippen molar-refractivity contribution in [3.8, 4) is 0 Å². The van der Waals surface area contributed by atoms with Crippen LogP contribution < -0.4 is 10.6 Å². The normalized spacial score (nSPS) is 11.1. The van der Waals surface area contributed by atoms with Crippen LogP contribution in [-0.2, 0) is 16.1 Å². The summed E-state index contributed by atoms with van der Waals surface area (Å²) in [5.41, 5.74) is 0.372. The third kappa shape index (κ3) is 7.96. The molecule has 7 nitrogen and oxygen atoms in total. The Morgan fingerprint density at radius 2 is 1.96 bits per heavy atom. The van der Waals surface area contributed by atoms with Gasteiger partial charge in [0.1, 0.15) is 18.0 Å². The molecule has 2 amide bonds. The van der Waals surface area contributed by atoms with Crippen LogP contribution in [0.15, 0.2) is 47.1 Å². The molecule has 2 aromatic rings. The third-order valence-electron chi connectivity index (χ3n) is 3.35. The molecule has 0 bridgehead atoms. The Balaban J connectivity index is 1.71. The maximum Gasteiger partial charge on any atom is 0.412 e. The summed E-state index contributed by atoms with van der Waals surface area (Å²) in [6, 6.07) is 10.3. The Labute approximate surface area is 159 Å². The Bertz CT molecular complexity index is 735. The number of amides is 2. The molecule has 0 atom stereocenters. The number of ether oxygens (including phenoxy) is 2. The molecule has 1 aromatic heterocycles. The van der Waals surface area contributed by atoms with Crippen molar-refractivity contribution in [1.29, 1.82) is 0 Å². The molecule has 0 saturated heterocycles. The monoisotopic (exact) mass is 374 g/mol. The maximum absolute atomic E-state index is 12.2. The van der Waals surface area contributed by atoms with E-state index in [1.165, 1.54) is 0 Å². The summed E-state index contributed by atoms with van der Waals surface area (Å²) >= 11 is 0. The predicted molar refractivity (Wildman–Crippen MR) is 102 cm³/mol. The first kappa shape index (κ1) is 20.5. The lowest BCUT2D eigenvalue weighted by molar-refractivity contribution is 0.0635. The molecule has 1 aromatic carbocycles. The van der Waals surface area contributed by atoms with E-state index >= 15 is 0 Å². The first-order valence-corrected chi connectivity index (χ1v) is 8.82. The quantitative estimate of drug-likeness (QED) is 0.683. The van der Waals surface area contributed by atoms with Gasteiger partial charge in [0.25, 0.3) is 5.91 Å². The number of benzene rings is 1. The van der Waals surface area contributed by atoms with Crippen LogP contribution >= 0.6 is 0 Å². The SMILES string of the molecule is CC(C)(C)OC(=O)Nc1cccc(C(=O)NCCCOCc2ccco2)c1. The number of furan rings is 1. The van der Waals surface area contributed by atoms with Crippen LogP contribution in [0.3, 0.4) is 0 Å². The van der Waals surface area contributed by atoms with Crippen LogP contribution in [0.25, 0.3) is 0 Å². The van der Waals surface area contributed by atoms with Crippen molar-refractivity contribution in [2.45, 2.75) is 39.4 Å². The topological polar surface area (TPSA) is 89.8 Å². The van der Waals surface area contributed by atoms with Crippen LogP contribution in [-0.4, -0.2) is 30.8 Å². The average Bonchev–Trinajstić information content (AvgIpc) is 3.09. The van der Waals surface area contributed by atoms with Gasteiger partial charge in [-0.05, 0) is 57.5 Å². The Morgan fingerprint density at radius 3 is 2.67 bits per heavy atom. The van der Waals surface area contributed by atoms with Gasteiger partial charge < -0.3 is 19.2 Å². The van der Waals surface area contributed by atoms with Crippen molar-refractivity contribution >= 4 is 17.7 Å². The van der Waals surface area contributed by atoms with E-state index in [1.807, 2.05) is 12.1 Å². The zero-order valence-corrected chi connectivity index (χ0v) is 15.9. The summed E-state index contributed by atoms with van der Waals surface area (Å²) in [4.78, 5) is 24.0. The van der Waals surface area contributed by atoms with Gasteiger partial charge in [0.05, 0.1) is 6.26 Å². The molecule has 146 valence electrons. The second kappa shape index (κ2) is 9.78. The first-order valence-electron chi connectivity index (χ1n) is 8.82. The van der Waals surface area contributed by atoms with Crippen molar-refractivity contribution in [1.82, 2.24) is 5.32 Å². The zero-order chi connectivity index (χ0) is 19.7. The summed E-state index contributed by atoms with van der Waals surface area (Å²) in [5.74, 6) is 0.558. The molecule has 7 heteroatoms. The molecule has 0 aliphatic heterocycles. The summed E-state index contributed by atoms with van der Waals surface area (Å²) in [7, 11) is 0. The van der Waals surface area contributed by atoms with Crippen LogP contribution in [0.2, 0.25) is 0 Å². The van der Waals surface area contributed by atoms with E-state index < -0.39 is 11.7 Å². The number of carbonyl (C=O) groups excluding carboxylic acids is 2. The molecule has 0 fully saturated rings. The highest BCUT2D eigenvalue weighted by atomic mass is 16.6. The van der Waals surface area contributed by atoms with Gasteiger partial charge in [-0.1, -0.05) is 6.07 Å². The van der Waals surface area contributed by atoms with Gasteiger partial charge in [0.2, 0.25) is 0 Å². The Kier molecular flexibility index (Phi) is 7.43. The minimum Gasteiger partial charge on any atom is -0.467 e. The standard InChI is InChI=1S/C20H26N2O5/c1-20(2,3)27-19(24)22-16-8-4-7-15(13-16)18(23)21-10-6-11-25-14-17-9-5-12-26-17/h4-5,7-9,12-13H,6,10-11,14H2,1-3H3,(H,21,23)(H,22,24). The van der Waals surface area contributed by atoms with E-state index in [9.17, 15) is 9.59 Å². The number of anilines is 1. The van der Waals surface area contributed by atoms with Crippen molar-refractivity contribution in [3.63, 3.8) is 0 Å². The fourth-order valence-corrected chi connectivity index (χ4v) is 2.21. The molecule has 2 rings (SSSR count). The molecule has 0 saturated carbocycles. The number of rotatable bonds is 8. The number of carbonyl (C=O) groups is 2. The van der Waals surface area contributed by atoms with Gasteiger partial charge in [0.15, 0.2) is 0 Å². The summed E-state index contributed by atoms with van der Waals surface area (Å²) in [6.07, 6.45) is 1.72. The molecule has 0 spiro atoms. The van der Waals surface area contributed by atoms with Gasteiger partial charge in [0, 0.05) is 24.4 Å². The Morgan fingerprint density at radius 1 is 1.15 bits per heavy atom. The van der Waals surface area contributed by atoms with E-state index in [-0.39, 0.29) is 5.91 Å². The van der Waals surface area contributed by atoms with Crippen LogP contribution in [0.5, 0.6) is 0 Å². The van der Waals surface area contributed by atoms with E-state index in [0.717, 1.165) is 5.76 Å². The summed E-state index contributed by atoms with van der Waals surface area (Å²) < 4.78 is 15.8. The highest BCUT2D eigenvalue weighted by Crippen LogP contribution is 2.13. The van der Waals surface area contributed by atoms with Crippen molar-refractivity contribution in [2.75, 3.05) is 18.5 Å². The van der Waals surface area contributed by atoms with Gasteiger partial charge in [-0.15, -0.1) is 0 Å². The van der Waals surface area contributed by atoms with Gasteiger partial charge >= 0.3 is 6.09 Å². The second-order valence-electron chi connectivity index (χ2n) is 6.95. The molecule has 0 unspecified atom stereocenters. The average molecular weight is 374 g/mol. The van der Waals surface area contributed by atoms with Crippen molar-refractivity contribution in [3.05, 3.63) is 54.0 Å². The predicted octanol–water partition coefficient (Wildman–Crippen LogP) is 3.96. The Hall–Kier alpha value is -2.80. The number of nitrogens with one attached hydrogen (secondary N) is 2. The molecular weight excluding hydrogens is 348 g/mol. The summed E-state index contributed by atoms with van der Waals surface area (Å²) in [6.45, 7) is 6.78. The third-order valence-corrected chi connectivity index (χ3v) is 3.35. The fourth-order valence-electron chi connectivity index (χ4n) is 2.21. The van der Waals surface area contributed by atoms with Crippen molar-refractivity contribution < 1.29 is 23.5 Å². The van der Waals surface area contributed by atoms with E-state index in [1.54, 1.807) is 51.3 Å². The maximum atomic E-state index is 12.2. The highest BCUT2D eigenvalue weighted by Gasteiger charge is 2.16. The van der Waals surface area contributed by atoms with Crippen LogP contribution in [0.1, 0.15) is 43.3 Å². The van der Waals surface area contributed by atoms with Crippen LogP contribution in [0.4, 0.5) is 10.5 Å². The largest absolute Gasteiger partial charge is 0.467 e. The number of hydrogen-bond acceptors (Lipinski definition) is 5. The first-order chi connectivity index (χ1) is 12.8. The lowest BCUT2D eigenvalue weighted by Crippen LogP contribution is -2.27. The molecular formula is C20H26N2O5. The zero-order valence-electron chi connectivity index (χ0n) is 15.9. The summed E-state index contributed by atoms with van der Waals surface area (Å²) in [5, 5.41) is 5.45.